The first kappa shape index (κ1) is 15.4. The highest BCUT2D eigenvalue weighted by Crippen LogP contribution is 2.05. The summed E-state index contributed by atoms with van der Waals surface area (Å²) >= 11 is 0. The zero-order valence-corrected chi connectivity index (χ0v) is 11.7. The molecular formula is C12H19N5O4. The topological polar surface area (TPSA) is 103 Å². The van der Waals surface area contributed by atoms with Crippen LogP contribution in [-0.2, 0) is 16.1 Å². The molecule has 0 bridgehead atoms. The Bertz CT molecular complexity index is 484. The first-order chi connectivity index (χ1) is 10.1. The largest absolute Gasteiger partial charge is 0.389 e. The van der Waals surface area contributed by atoms with Crippen molar-refractivity contribution in [3.05, 3.63) is 22.4 Å². The minimum Gasteiger partial charge on any atom is -0.379 e. The van der Waals surface area contributed by atoms with Gasteiger partial charge in [-0.05, 0) is 4.92 Å². The average Bonchev–Trinajstić information content (AvgIpc) is 2.95. The minimum atomic E-state index is -0.557. The van der Waals surface area contributed by atoms with E-state index in [9.17, 15) is 14.9 Å². The fourth-order valence-corrected chi connectivity index (χ4v) is 2.06. The zero-order valence-electron chi connectivity index (χ0n) is 11.7. The molecule has 0 aromatic carbocycles. The van der Waals surface area contributed by atoms with Crippen molar-refractivity contribution in [3.8, 4) is 0 Å². The van der Waals surface area contributed by atoms with E-state index in [1.807, 2.05) is 0 Å². The second-order valence-corrected chi connectivity index (χ2v) is 4.75. The van der Waals surface area contributed by atoms with Crippen LogP contribution >= 0.6 is 0 Å². The maximum absolute atomic E-state index is 11.7. The monoisotopic (exact) mass is 297 g/mol. The van der Waals surface area contributed by atoms with Gasteiger partial charge in [-0.25, -0.2) is 0 Å². The summed E-state index contributed by atoms with van der Waals surface area (Å²) in [5.74, 6) is -0.288. The Hall–Kier alpha value is -2.00. The Morgan fingerprint density at radius 2 is 2.19 bits per heavy atom. The third-order valence-electron chi connectivity index (χ3n) is 3.24. The smallest absolute Gasteiger partial charge is 0.379 e. The molecule has 1 aliphatic rings. The summed E-state index contributed by atoms with van der Waals surface area (Å²) in [6.45, 7) is 5.01. The van der Waals surface area contributed by atoms with Crippen LogP contribution in [0.4, 0.5) is 5.82 Å². The maximum atomic E-state index is 11.7. The van der Waals surface area contributed by atoms with Crippen molar-refractivity contribution in [1.82, 2.24) is 20.0 Å². The number of carbonyl (C=O) groups excluding carboxylic acids is 1. The van der Waals surface area contributed by atoms with E-state index >= 15 is 0 Å². The summed E-state index contributed by atoms with van der Waals surface area (Å²) in [5, 5.41) is 17.1. The predicted molar refractivity (Wildman–Crippen MR) is 73.8 cm³/mol. The van der Waals surface area contributed by atoms with Crippen LogP contribution in [0.2, 0.25) is 0 Å². The molecular weight excluding hydrogens is 278 g/mol. The van der Waals surface area contributed by atoms with E-state index in [1.54, 1.807) is 0 Å². The maximum Gasteiger partial charge on any atom is 0.389 e. The fraction of sp³-hybridized carbons (Fsp3) is 0.667. The number of nitrogens with zero attached hydrogens (tertiary/aromatic N) is 4. The van der Waals surface area contributed by atoms with Gasteiger partial charge in [0.05, 0.1) is 37.1 Å². The molecule has 0 spiro atoms. The van der Waals surface area contributed by atoms with Crippen LogP contribution in [0.3, 0.4) is 0 Å². The van der Waals surface area contributed by atoms with Gasteiger partial charge in [0.15, 0.2) is 0 Å². The van der Waals surface area contributed by atoms with Gasteiger partial charge in [0.25, 0.3) is 0 Å². The van der Waals surface area contributed by atoms with Crippen LogP contribution in [0.25, 0.3) is 0 Å². The molecule has 1 aliphatic heterocycles. The number of ether oxygens (including phenoxy) is 1. The lowest BCUT2D eigenvalue weighted by molar-refractivity contribution is -0.389. The molecule has 0 aliphatic carbocycles. The van der Waals surface area contributed by atoms with E-state index in [4.69, 9.17) is 4.74 Å². The predicted octanol–water partition coefficient (Wildman–Crippen LogP) is -0.370. The van der Waals surface area contributed by atoms with Gasteiger partial charge in [-0.1, -0.05) is 0 Å². The number of rotatable bonds is 7. The Morgan fingerprint density at radius 3 is 2.86 bits per heavy atom. The summed E-state index contributed by atoms with van der Waals surface area (Å²) in [5.41, 5.74) is 0. The molecule has 1 fully saturated rings. The number of carbonyl (C=O) groups is 1. The second-order valence-electron chi connectivity index (χ2n) is 4.75. The molecule has 2 rings (SSSR count). The highest BCUT2D eigenvalue weighted by Gasteiger charge is 2.12. The Labute approximate surface area is 122 Å². The van der Waals surface area contributed by atoms with Crippen molar-refractivity contribution in [1.29, 1.82) is 0 Å². The summed E-state index contributed by atoms with van der Waals surface area (Å²) in [6.07, 6.45) is 1.75. The van der Waals surface area contributed by atoms with E-state index in [1.165, 1.54) is 16.9 Å². The SMILES string of the molecule is O=C(CCn1ccc([N+](=O)[O-])n1)NCCN1CCOCC1. The highest BCUT2D eigenvalue weighted by molar-refractivity contribution is 5.75. The normalized spacial score (nSPS) is 15.8. The molecule has 116 valence electrons. The standard InChI is InChI=1S/C12H19N5O4/c18-12(13-3-6-15-7-9-21-10-8-15)2-5-16-4-1-11(14-16)17(19)20/h1,4H,2-3,5-10H2,(H,13,18). The van der Waals surface area contributed by atoms with Gasteiger partial charge < -0.3 is 20.2 Å². The molecule has 2 heterocycles. The third kappa shape index (κ3) is 5.12. The molecule has 1 aromatic rings. The molecule has 21 heavy (non-hydrogen) atoms. The lowest BCUT2D eigenvalue weighted by Gasteiger charge is -2.26. The molecule has 9 heteroatoms. The van der Waals surface area contributed by atoms with Crippen molar-refractivity contribution >= 4 is 11.7 Å². The third-order valence-corrected chi connectivity index (χ3v) is 3.24. The molecule has 0 radical (unpaired) electrons. The van der Waals surface area contributed by atoms with E-state index in [2.05, 4.69) is 15.3 Å². The Balaban J connectivity index is 1.61. The van der Waals surface area contributed by atoms with Crippen molar-refractivity contribution in [2.45, 2.75) is 13.0 Å². The van der Waals surface area contributed by atoms with Crippen molar-refractivity contribution in [2.75, 3.05) is 39.4 Å². The number of morpholine rings is 1. The van der Waals surface area contributed by atoms with Gasteiger partial charge in [-0.2, -0.15) is 4.68 Å². The van der Waals surface area contributed by atoms with E-state index in [-0.39, 0.29) is 18.1 Å². The first-order valence-electron chi connectivity index (χ1n) is 6.90. The number of aromatic nitrogens is 2. The summed E-state index contributed by atoms with van der Waals surface area (Å²) in [4.78, 5) is 23.8. The summed E-state index contributed by atoms with van der Waals surface area (Å²) in [6, 6.07) is 1.32. The molecule has 1 aromatic heterocycles. The number of hydrogen-bond donors (Lipinski definition) is 1. The van der Waals surface area contributed by atoms with Gasteiger partial charge in [0, 0.05) is 32.6 Å². The van der Waals surface area contributed by atoms with E-state index < -0.39 is 4.92 Å². The molecule has 1 amide bonds. The van der Waals surface area contributed by atoms with Crippen molar-refractivity contribution in [3.63, 3.8) is 0 Å². The number of aryl methyl sites for hydroxylation is 1. The van der Waals surface area contributed by atoms with Crippen LogP contribution in [0.15, 0.2) is 12.3 Å². The summed E-state index contributed by atoms with van der Waals surface area (Å²) < 4.78 is 6.65. The van der Waals surface area contributed by atoms with E-state index in [0.29, 0.717) is 13.1 Å². The molecule has 1 saturated heterocycles. The first-order valence-corrected chi connectivity index (χ1v) is 6.90. The second kappa shape index (κ2) is 7.70. The van der Waals surface area contributed by atoms with Gasteiger partial charge >= 0.3 is 5.82 Å². The van der Waals surface area contributed by atoms with Gasteiger partial charge in [0.1, 0.15) is 0 Å². The van der Waals surface area contributed by atoms with Crippen molar-refractivity contribution < 1.29 is 14.5 Å². The molecule has 0 saturated carbocycles. The van der Waals surface area contributed by atoms with Gasteiger partial charge in [-0.3, -0.25) is 9.69 Å². The highest BCUT2D eigenvalue weighted by atomic mass is 16.6. The molecule has 0 atom stereocenters. The number of nitro groups is 1. The summed E-state index contributed by atoms with van der Waals surface area (Å²) in [7, 11) is 0. The Kier molecular flexibility index (Phi) is 5.64. The molecule has 9 nitrogen and oxygen atoms in total. The van der Waals surface area contributed by atoms with Crippen LogP contribution in [-0.4, -0.2) is 64.9 Å². The quantitative estimate of drug-likeness (QED) is 0.544. The lowest BCUT2D eigenvalue weighted by Crippen LogP contribution is -2.41. The van der Waals surface area contributed by atoms with Crippen LogP contribution < -0.4 is 5.32 Å². The molecule has 0 unspecified atom stereocenters. The lowest BCUT2D eigenvalue weighted by atomic mass is 10.3. The van der Waals surface area contributed by atoms with Crippen LogP contribution in [0.1, 0.15) is 6.42 Å². The fourth-order valence-electron chi connectivity index (χ4n) is 2.06. The Morgan fingerprint density at radius 1 is 1.43 bits per heavy atom. The zero-order chi connectivity index (χ0) is 15.1. The van der Waals surface area contributed by atoms with Crippen LogP contribution in [0.5, 0.6) is 0 Å². The number of nitrogens with one attached hydrogen (secondary N) is 1. The van der Waals surface area contributed by atoms with Gasteiger partial charge in [-0.15, -0.1) is 0 Å². The average molecular weight is 297 g/mol. The van der Waals surface area contributed by atoms with Crippen molar-refractivity contribution in [2.24, 2.45) is 0 Å². The van der Waals surface area contributed by atoms with Crippen LogP contribution in [0, 0.1) is 10.1 Å². The number of amides is 1. The molecule has 1 N–H and O–H groups in total. The number of hydrogen-bond acceptors (Lipinski definition) is 6. The van der Waals surface area contributed by atoms with Gasteiger partial charge in [0.2, 0.25) is 5.91 Å². The minimum absolute atomic E-state index is 0.0820. The van der Waals surface area contributed by atoms with E-state index in [0.717, 1.165) is 32.8 Å².